The monoisotopic (exact) mass is 469 g/mol. The average molecular weight is 470 g/mol. The Balaban J connectivity index is 1.31. The van der Waals surface area contributed by atoms with Gasteiger partial charge in [0.2, 0.25) is 11.7 Å². The van der Waals surface area contributed by atoms with Gasteiger partial charge in [-0.05, 0) is 68.1 Å². The summed E-state index contributed by atoms with van der Waals surface area (Å²) in [7, 11) is 4.91. The van der Waals surface area contributed by atoms with Crippen LogP contribution in [0.5, 0.6) is 17.2 Å². The van der Waals surface area contributed by atoms with Gasteiger partial charge in [-0.25, -0.2) is 4.98 Å². The number of hydrogen-bond donors (Lipinski definition) is 3. The lowest BCUT2D eigenvalue weighted by molar-refractivity contribution is 0.322. The summed E-state index contributed by atoms with van der Waals surface area (Å²) < 4.78 is 16.4. The molecule has 2 aliphatic rings. The van der Waals surface area contributed by atoms with Crippen LogP contribution in [-0.2, 0) is 13.0 Å². The molecule has 186 valence electrons. The van der Waals surface area contributed by atoms with Gasteiger partial charge in [0.1, 0.15) is 5.82 Å². The number of methoxy groups -OCH3 is 3. The molecule has 1 saturated carbocycles. The van der Waals surface area contributed by atoms with Crippen molar-refractivity contribution in [2.75, 3.05) is 32.4 Å². The third kappa shape index (κ3) is 5.17. The van der Waals surface area contributed by atoms with E-state index in [4.69, 9.17) is 24.9 Å². The molecule has 2 aliphatic carbocycles. The highest BCUT2D eigenvalue weighted by Crippen LogP contribution is 2.39. The molecule has 0 spiro atoms. The van der Waals surface area contributed by atoms with Crippen LogP contribution in [0.25, 0.3) is 0 Å². The van der Waals surface area contributed by atoms with E-state index in [0.29, 0.717) is 52.9 Å². The van der Waals surface area contributed by atoms with Crippen LogP contribution >= 0.6 is 0 Å². The van der Waals surface area contributed by atoms with Crippen molar-refractivity contribution in [2.24, 2.45) is 5.92 Å². The van der Waals surface area contributed by atoms with Crippen molar-refractivity contribution < 1.29 is 14.2 Å². The lowest BCUT2D eigenvalue weighted by atomic mass is 9.79. The standard InChI is InChI=1S/C26H39N5O3/c1-15-6-11-20-23(16(15)2)25(27)31-26(30-20)29-19-9-7-18(8-10-19)28-14-17-12-21(32-3)24(34-5)22(13-17)33-4/h12-13,15-16,18-19,28H,6-11,14H2,1-5H3,(H3,27,29,30,31)/t15-,16-,18?,19?/m1/s1. The Morgan fingerprint density at radius 2 is 1.56 bits per heavy atom. The van der Waals surface area contributed by atoms with Crippen molar-refractivity contribution in [1.82, 2.24) is 15.3 Å². The molecule has 0 saturated heterocycles. The van der Waals surface area contributed by atoms with Gasteiger partial charge < -0.3 is 30.6 Å². The zero-order valence-electron chi connectivity index (χ0n) is 21.1. The molecule has 0 bridgehead atoms. The number of nitrogens with two attached hydrogens (primary N) is 1. The molecule has 1 aromatic carbocycles. The Bertz CT molecular complexity index is 966. The number of ether oxygens (including phenoxy) is 3. The number of benzene rings is 1. The van der Waals surface area contributed by atoms with Crippen LogP contribution in [0.15, 0.2) is 12.1 Å². The predicted molar refractivity (Wildman–Crippen MR) is 135 cm³/mol. The number of nitrogens with one attached hydrogen (secondary N) is 2. The van der Waals surface area contributed by atoms with Crippen molar-refractivity contribution in [2.45, 2.75) is 76.9 Å². The lowest BCUT2D eigenvalue weighted by Gasteiger charge is -2.31. The number of nitrogen functional groups attached to an aromatic ring is 1. The van der Waals surface area contributed by atoms with E-state index in [0.717, 1.165) is 61.9 Å². The summed E-state index contributed by atoms with van der Waals surface area (Å²) in [6.45, 7) is 5.27. The second-order valence-corrected chi connectivity index (χ2v) is 9.70. The van der Waals surface area contributed by atoms with Gasteiger partial charge in [-0.2, -0.15) is 4.98 Å². The smallest absolute Gasteiger partial charge is 0.225 e. The molecule has 0 radical (unpaired) electrons. The molecule has 8 heteroatoms. The van der Waals surface area contributed by atoms with Gasteiger partial charge >= 0.3 is 0 Å². The van der Waals surface area contributed by atoms with Gasteiger partial charge in [0, 0.05) is 24.2 Å². The summed E-state index contributed by atoms with van der Waals surface area (Å²) in [5, 5.41) is 7.25. The fourth-order valence-electron chi connectivity index (χ4n) is 5.31. The van der Waals surface area contributed by atoms with Crippen molar-refractivity contribution in [3.63, 3.8) is 0 Å². The van der Waals surface area contributed by atoms with Crippen LogP contribution in [0.4, 0.5) is 11.8 Å². The number of aryl methyl sites for hydroxylation is 1. The molecule has 2 aromatic rings. The molecular weight excluding hydrogens is 430 g/mol. The molecule has 4 N–H and O–H groups in total. The van der Waals surface area contributed by atoms with Gasteiger partial charge in [-0.1, -0.05) is 13.8 Å². The van der Waals surface area contributed by atoms with Crippen LogP contribution in [0.3, 0.4) is 0 Å². The number of anilines is 2. The second kappa shape index (κ2) is 10.7. The highest BCUT2D eigenvalue weighted by molar-refractivity contribution is 5.54. The van der Waals surface area contributed by atoms with E-state index in [-0.39, 0.29) is 0 Å². The van der Waals surface area contributed by atoms with Crippen molar-refractivity contribution in [1.29, 1.82) is 0 Å². The number of rotatable bonds is 8. The maximum atomic E-state index is 6.35. The number of aromatic nitrogens is 2. The van der Waals surface area contributed by atoms with Gasteiger partial charge in [-0.15, -0.1) is 0 Å². The summed E-state index contributed by atoms with van der Waals surface area (Å²) in [6, 6.07) is 4.84. The molecule has 4 rings (SSSR count). The van der Waals surface area contributed by atoms with Gasteiger partial charge in [0.15, 0.2) is 11.5 Å². The van der Waals surface area contributed by atoms with Crippen molar-refractivity contribution in [3.05, 3.63) is 29.0 Å². The van der Waals surface area contributed by atoms with Crippen LogP contribution in [-0.4, -0.2) is 43.4 Å². The van der Waals surface area contributed by atoms with E-state index in [1.54, 1.807) is 21.3 Å². The minimum Gasteiger partial charge on any atom is -0.493 e. The Morgan fingerprint density at radius 3 is 2.18 bits per heavy atom. The minimum atomic E-state index is 0.372. The summed E-state index contributed by atoms with van der Waals surface area (Å²) >= 11 is 0. The third-order valence-corrected chi connectivity index (χ3v) is 7.58. The van der Waals surface area contributed by atoms with E-state index in [9.17, 15) is 0 Å². The Labute approximate surface area is 203 Å². The number of nitrogens with zero attached hydrogens (tertiary/aromatic N) is 2. The first-order chi connectivity index (χ1) is 16.4. The summed E-state index contributed by atoms with van der Waals surface area (Å²) in [5.74, 6) is 4.36. The molecule has 1 aromatic heterocycles. The molecule has 0 aliphatic heterocycles. The molecule has 0 amide bonds. The van der Waals surface area contributed by atoms with E-state index in [2.05, 4.69) is 29.5 Å². The second-order valence-electron chi connectivity index (χ2n) is 9.70. The van der Waals surface area contributed by atoms with Gasteiger partial charge in [0.05, 0.1) is 27.0 Å². The number of fused-ring (bicyclic) bond motifs is 1. The molecular formula is C26H39N5O3. The maximum Gasteiger partial charge on any atom is 0.225 e. The van der Waals surface area contributed by atoms with Crippen LogP contribution in [0, 0.1) is 5.92 Å². The van der Waals surface area contributed by atoms with Gasteiger partial charge in [0.25, 0.3) is 0 Å². The normalized spacial score (nSPS) is 24.3. The van der Waals surface area contributed by atoms with E-state index < -0.39 is 0 Å². The number of hydrogen-bond acceptors (Lipinski definition) is 8. The van der Waals surface area contributed by atoms with Crippen LogP contribution in [0.1, 0.15) is 68.7 Å². The zero-order chi connectivity index (χ0) is 24.2. The largest absolute Gasteiger partial charge is 0.493 e. The topological polar surface area (TPSA) is 104 Å². The van der Waals surface area contributed by atoms with E-state index >= 15 is 0 Å². The molecule has 8 nitrogen and oxygen atoms in total. The molecule has 0 unspecified atom stereocenters. The minimum absolute atomic E-state index is 0.372. The van der Waals surface area contributed by atoms with Crippen molar-refractivity contribution in [3.8, 4) is 17.2 Å². The third-order valence-electron chi connectivity index (χ3n) is 7.58. The highest BCUT2D eigenvalue weighted by Gasteiger charge is 2.28. The molecule has 1 fully saturated rings. The predicted octanol–water partition coefficient (Wildman–Crippen LogP) is 4.28. The first-order valence-electron chi connectivity index (χ1n) is 12.4. The quantitative estimate of drug-likeness (QED) is 0.526. The SMILES string of the molecule is COc1cc(CNC2CCC(Nc3nc(N)c4c(n3)CC[C@@H](C)[C@H]4C)CC2)cc(OC)c1OC. The fourth-order valence-corrected chi connectivity index (χ4v) is 5.31. The van der Waals surface area contributed by atoms with Gasteiger partial charge in [-0.3, -0.25) is 0 Å². The zero-order valence-corrected chi connectivity index (χ0v) is 21.1. The Morgan fingerprint density at radius 1 is 0.912 bits per heavy atom. The first-order valence-corrected chi connectivity index (χ1v) is 12.4. The van der Waals surface area contributed by atoms with E-state index in [1.165, 1.54) is 0 Å². The van der Waals surface area contributed by atoms with Crippen LogP contribution in [0.2, 0.25) is 0 Å². The highest BCUT2D eigenvalue weighted by atomic mass is 16.5. The van der Waals surface area contributed by atoms with Crippen molar-refractivity contribution >= 4 is 11.8 Å². The average Bonchev–Trinajstić information content (AvgIpc) is 2.85. The van der Waals surface area contributed by atoms with E-state index in [1.807, 2.05) is 12.1 Å². The molecule has 2 atom stereocenters. The summed E-state index contributed by atoms with van der Waals surface area (Å²) in [5.41, 5.74) is 9.74. The first kappa shape index (κ1) is 24.4. The molecule has 34 heavy (non-hydrogen) atoms. The summed E-state index contributed by atoms with van der Waals surface area (Å²) in [6.07, 6.45) is 6.47. The van der Waals surface area contributed by atoms with Crippen LogP contribution < -0.4 is 30.6 Å². The lowest BCUT2D eigenvalue weighted by Crippen LogP contribution is -2.37. The fraction of sp³-hybridized carbons (Fsp3) is 0.615. The summed E-state index contributed by atoms with van der Waals surface area (Å²) in [4.78, 5) is 9.46. The Hall–Kier alpha value is -2.74. The Kier molecular flexibility index (Phi) is 7.66. The molecule has 1 heterocycles. The maximum absolute atomic E-state index is 6.35.